The van der Waals surface area contributed by atoms with Gasteiger partial charge in [0.1, 0.15) is 17.9 Å². The van der Waals surface area contributed by atoms with Crippen molar-refractivity contribution in [2.24, 2.45) is 5.10 Å². The van der Waals surface area contributed by atoms with Gasteiger partial charge in [-0.1, -0.05) is 42.5 Å². The van der Waals surface area contributed by atoms with E-state index in [0.717, 1.165) is 11.1 Å². The fourth-order valence-electron chi connectivity index (χ4n) is 4.56. The summed E-state index contributed by atoms with van der Waals surface area (Å²) in [6.07, 6.45) is 1.53. The minimum Gasteiger partial charge on any atom is -0.488 e. The van der Waals surface area contributed by atoms with Gasteiger partial charge in [0.25, 0.3) is 11.2 Å². The predicted molar refractivity (Wildman–Crippen MR) is 162 cm³/mol. The Morgan fingerprint density at radius 3 is 2.62 bits per heavy atom. The van der Waals surface area contributed by atoms with Crippen LogP contribution in [0.3, 0.4) is 0 Å². The molecule has 6 aromatic rings. The van der Waals surface area contributed by atoms with Crippen molar-refractivity contribution in [2.45, 2.75) is 6.61 Å². The number of anilines is 1. The van der Waals surface area contributed by atoms with Crippen molar-refractivity contribution in [2.75, 3.05) is 19.0 Å². The molecule has 0 unspecified atom stereocenters. The first-order valence-corrected chi connectivity index (χ1v) is 13.1. The zero-order chi connectivity index (χ0) is 29.2. The summed E-state index contributed by atoms with van der Waals surface area (Å²) in [6.45, 7) is 0.0983. The number of ether oxygens (including phenoxy) is 1. The van der Waals surface area contributed by atoms with Crippen molar-refractivity contribution in [3.05, 3.63) is 129 Å². The largest absolute Gasteiger partial charge is 0.488 e. The number of furan rings is 1. The molecule has 0 amide bonds. The van der Waals surface area contributed by atoms with Gasteiger partial charge in [-0.05, 0) is 42.0 Å². The summed E-state index contributed by atoms with van der Waals surface area (Å²) < 4.78 is 13.4. The molecule has 208 valence electrons. The van der Waals surface area contributed by atoms with Gasteiger partial charge in [0.2, 0.25) is 5.82 Å². The molecule has 0 saturated carbocycles. The highest BCUT2D eigenvalue weighted by Crippen LogP contribution is 2.28. The maximum Gasteiger partial charge on any atom is 0.282 e. The number of hydrogen-bond donors (Lipinski definition) is 0. The van der Waals surface area contributed by atoms with E-state index in [-0.39, 0.29) is 23.7 Å². The summed E-state index contributed by atoms with van der Waals surface area (Å²) in [6, 6.07) is 28.3. The van der Waals surface area contributed by atoms with E-state index in [1.807, 2.05) is 73.6 Å². The summed E-state index contributed by atoms with van der Waals surface area (Å²) >= 11 is 0. The lowest BCUT2D eigenvalue weighted by molar-refractivity contribution is -0.384. The van der Waals surface area contributed by atoms with Crippen LogP contribution in [0.5, 0.6) is 5.75 Å². The SMILES string of the molecule is CN(C)c1ccc(C=Nn2c(-c3cc4ccccc4o3)nc3ccccc3c2=O)c(OCc2cccc([N+](=O)[O-])c2)c1. The first-order valence-electron chi connectivity index (χ1n) is 13.1. The van der Waals surface area contributed by atoms with Crippen LogP contribution in [-0.2, 0) is 6.61 Å². The Hall–Kier alpha value is -5.77. The van der Waals surface area contributed by atoms with E-state index in [2.05, 4.69) is 5.10 Å². The van der Waals surface area contributed by atoms with Gasteiger partial charge in [0.05, 0.1) is 22.0 Å². The van der Waals surface area contributed by atoms with E-state index in [4.69, 9.17) is 14.1 Å². The molecule has 0 radical (unpaired) electrons. The van der Waals surface area contributed by atoms with Crippen LogP contribution in [0.15, 0.2) is 111 Å². The van der Waals surface area contributed by atoms with Gasteiger partial charge in [-0.25, -0.2) is 4.98 Å². The lowest BCUT2D eigenvalue weighted by Crippen LogP contribution is -2.20. The maximum atomic E-state index is 13.7. The first-order chi connectivity index (χ1) is 20.4. The van der Waals surface area contributed by atoms with Crippen LogP contribution in [0.4, 0.5) is 11.4 Å². The fraction of sp³-hybridized carbons (Fsp3) is 0.0938. The maximum absolute atomic E-state index is 13.7. The van der Waals surface area contributed by atoms with Gasteiger partial charge in [0, 0.05) is 48.9 Å². The summed E-state index contributed by atoms with van der Waals surface area (Å²) in [5, 5.41) is 17.1. The monoisotopic (exact) mass is 559 g/mol. The average molecular weight is 560 g/mol. The Morgan fingerprint density at radius 1 is 1.00 bits per heavy atom. The third kappa shape index (κ3) is 5.20. The van der Waals surface area contributed by atoms with Gasteiger partial charge >= 0.3 is 0 Å². The molecule has 0 spiro atoms. The molecule has 0 aliphatic heterocycles. The third-order valence-electron chi connectivity index (χ3n) is 6.74. The minimum atomic E-state index is -0.441. The van der Waals surface area contributed by atoms with E-state index in [0.29, 0.717) is 39.1 Å². The molecule has 4 aromatic carbocycles. The number of benzene rings is 4. The zero-order valence-corrected chi connectivity index (χ0v) is 22.8. The zero-order valence-electron chi connectivity index (χ0n) is 22.8. The van der Waals surface area contributed by atoms with E-state index in [1.165, 1.54) is 23.0 Å². The number of nitro groups is 1. The Bertz CT molecular complexity index is 2010. The van der Waals surface area contributed by atoms with Crippen LogP contribution in [0.1, 0.15) is 11.1 Å². The highest BCUT2D eigenvalue weighted by molar-refractivity contribution is 5.86. The van der Waals surface area contributed by atoms with Gasteiger partial charge < -0.3 is 14.1 Å². The van der Waals surface area contributed by atoms with Crippen molar-refractivity contribution in [3.63, 3.8) is 0 Å². The quantitative estimate of drug-likeness (QED) is 0.123. The normalized spacial score (nSPS) is 11.4. The van der Waals surface area contributed by atoms with Gasteiger partial charge in [-0.2, -0.15) is 9.78 Å². The van der Waals surface area contributed by atoms with Crippen LogP contribution in [-0.4, -0.2) is 34.9 Å². The standard InChI is InChI=1S/C32H25N5O5/c1-35(2)24-15-14-23(29(18-24)41-20-21-8-7-10-25(16-21)37(39)40)19-33-36-31(30-17-22-9-3-6-13-28(22)42-30)34-27-12-5-4-11-26(27)32(36)38/h3-19H,20H2,1-2H3. The number of nitrogens with zero attached hydrogens (tertiary/aromatic N) is 5. The topological polar surface area (TPSA) is 116 Å². The molecule has 2 heterocycles. The summed E-state index contributed by atoms with van der Waals surface area (Å²) in [7, 11) is 3.82. The number of hydrogen-bond acceptors (Lipinski definition) is 8. The second-order valence-corrected chi connectivity index (χ2v) is 9.79. The Morgan fingerprint density at radius 2 is 1.81 bits per heavy atom. The molecule has 0 aliphatic carbocycles. The second-order valence-electron chi connectivity index (χ2n) is 9.79. The van der Waals surface area contributed by atoms with E-state index < -0.39 is 4.92 Å². The van der Waals surface area contributed by atoms with Crippen molar-refractivity contribution in [1.82, 2.24) is 9.66 Å². The number of fused-ring (bicyclic) bond motifs is 2. The highest BCUT2D eigenvalue weighted by Gasteiger charge is 2.17. The third-order valence-corrected chi connectivity index (χ3v) is 6.74. The second kappa shape index (κ2) is 11.0. The molecule has 0 bridgehead atoms. The van der Waals surface area contributed by atoms with E-state index in [1.54, 1.807) is 30.3 Å². The number of non-ortho nitro benzene ring substituents is 1. The van der Waals surface area contributed by atoms with Gasteiger partial charge in [-0.3, -0.25) is 14.9 Å². The van der Waals surface area contributed by atoms with Crippen molar-refractivity contribution in [1.29, 1.82) is 0 Å². The predicted octanol–water partition coefficient (Wildman–Crippen LogP) is 6.25. The molecule has 42 heavy (non-hydrogen) atoms. The fourth-order valence-corrected chi connectivity index (χ4v) is 4.56. The van der Waals surface area contributed by atoms with Crippen LogP contribution in [0.2, 0.25) is 0 Å². The molecule has 0 atom stereocenters. The molecule has 0 aliphatic rings. The van der Waals surface area contributed by atoms with Crippen molar-refractivity contribution < 1.29 is 14.1 Å². The Labute approximate surface area is 239 Å². The summed E-state index contributed by atoms with van der Waals surface area (Å²) in [4.78, 5) is 31.1. The van der Waals surface area contributed by atoms with Gasteiger partial charge in [-0.15, -0.1) is 0 Å². The number of para-hydroxylation sites is 2. The van der Waals surface area contributed by atoms with Gasteiger partial charge in [0.15, 0.2) is 5.76 Å². The molecule has 10 nitrogen and oxygen atoms in total. The van der Waals surface area contributed by atoms with Crippen molar-refractivity contribution >= 4 is 39.5 Å². The lowest BCUT2D eigenvalue weighted by atomic mass is 10.1. The molecule has 2 aromatic heterocycles. The number of aromatic nitrogens is 2. The molecule has 0 saturated heterocycles. The first kappa shape index (κ1) is 26.5. The molecule has 6 rings (SSSR count). The highest BCUT2D eigenvalue weighted by atomic mass is 16.6. The van der Waals surface area contributed by atoms with E-state index >= 15 is 0 Å². The number of nitro benzene ring substituents is 1. The lowest BCUT2D eigenvalue weighted by Gasteiger charge is -2.16. The summed E-state index contributed by atoms with van der Waals surface area (Å²) in [5.74, 6) is 1.15. The smallest absolute Gasteiger partial charge is 0.282 e. The molecule has 10 heteroatoms. The molecular formula is C32H25N5O5. The van der Waals surface area contributed by atoms with Crippen molar-refractivity contribution in [3.8, 4) is 17.3 Å². The average Bonchev–Trinajstić information content (AvgIpc) is 3.44. The van der Waals surface area contributed by atoms with Crippen LogP contribution in [0.25, 0.3) is 33.5 Å². The Kier molecular flexibility index (Phi) is 6.93. The molecular weight excluding hydrogens is 534 g/mol. The summed E-state index contributed by atoms with van der Waals surface area (Å²) in [5.41, 5.74) is 2.96. The van der Waals surface area contributed by atoms with Crippen LogP contribution in [0, 0.1) is 10.1 Å². The number of rotatable bonds is 8. The van der Waals surface area contributed by atoms with Crippen LogP contribution < -0.4 is 15.2 Å². The van der Waals surface area contributed by atoms with E-state index in [9.17, 15) is 14.9 Å². The molecule has 0 N–H and O–H groups in total. The molecule has 0 fully saturated rings. The van der Waals surface area contributed by atoms with Crippen LogP contribution >= 0.6 is 0 Å². The Balaban J connectivity index is 1.43. The minimum absolute atomic E-state index is 0.0128.